The summed E-state index contributed by atoms with van der Waals surface area (Å²) in [7, 11) is -3.71. The van der Waals surface area contributed by atoms with Crippen LogP contribution in [-0.4, -0.2) is 32.2 Å². The fourth-order valence-electron chi connectivity index (χ4n) is 3.36. The molecule has 0 spiro atoms. The Balaban J connectivity index is 2.20. The second-order valence-electron chi connectivity index (χ2n) is 8.07. The number of benzene rings is 1. The lowest BCUT2D eigenvalue weighted by atomic mass is 9.97. The molecule has 1 heterocycles. The quantitative estimate of drug-likeness (QED) is 0.380. The number of pyridine rings is 1. The van der Waals surface area contributed by atoms with Crippen LogP contribution < -0.4 is 4.74 Å². The molecule has 2 aromatic rings. The molecular formula is C23H25FNO5P. The number of hydrogen-bond acceptors (Lipinski definition) is 5. The smallest absolute Gasteiger partial charge is 0.342 e. The molecule has 8 heteroatoms. The van der Waals surface area contributed by atoms with Gasteiger partial charge in [0.2, 0.25) is 13.2 Å². The Kier molecular flexibility index (Phi) is 6.66. The van der Waals surface area contributed by atoms with Crippen LogP contribution in [0.1, 0.15) is 56.8 Å². The lowest BCUT2D eigenvalue weighted by molar-refractivity contribution is -0.138. The Morgan fingerprint density at radius 1 is 1.32 bits per heavy atom. The van der Waals surface area contributed by atoms with Gasteiger partial charge in [0.1, 0.15) is 5.82 Å². The predicted molar refractivity (Wildman–Crippen MR) is 116 cm³/mol. The third-order valence-corrected chi connectivity index (χ3v) is 6.87. The van der Waals surface area contributed by atoms with Gasteiger partial charge in [-0.2, -0.15) is 0 Å². The van der Waals surface area contributed by atoms with Crippen LogP contribution in [0.5, 0.6) is 5.75 Å². The van der Waals surface area contributed by atoms with Crippen molar-refractivity contribution in [2.75, 3.05) is 0 Å². The molecule has 0 radical (unpaired) electrons. The molecule has 164 valence electrons. The summed E-state index contributed by atoms with van der Waals surface area (Å²) in [4.78, 5) is 27.5. The molecule has 1 saturated carbocycles. The second kappa shape index (κ2) is 8.92. The Morgan fingerprint density at radius 2 is 1.94 bits per heavy atom. The van der Waals surface area contributed by atoms with E-state index in [1.165, 1.54) is 19.1 Å². The topological polar surface area (TPSA) is 96.7 Å². The van der Waals surface area contributed by atoms with E-state index >= 15 is 0 Å². The fourth-order valence-corrected chi connectivity index (χ4v) is 4.06. The van der Waals surface area contributed by atoms with Crippen LogP contribution in [-0.2, 0) is 9.36 Å². The van der Waals surface area contributed by atoms with Gasteiger partial charge in [0.05, 0.1) is 11.8 Å². The Morgan fingerprint density at radius 3 is 2.39 bits per heavy atom. The van der Waals surface area contributed by atoms with Gasteiger partial charge in [0, 0.05) is 17.2 Å². The molecule has 3 rings (SSSR count). The van der Waals surface area contributed by atoms with Gasteiger partial charge in [-0.05, 0) is 49.4 Å². The van der Waals surface area contributed by atoms with Gasteiger partial charge in [0.15, 0.2) is 5.75 Å². The van der Waals surface area contributed by atoms with E-state index in [9.17, 15) is 23.7 Å². The van der Waals surface area contributed by atoms with E-state index in [2.05, 4.69) is 0 Å². The summed E-state index contributed by atoms with van der Waals surface area (Å²) in [6.45, 7) is 4.92. The van der Waals surface area contributed by atoms with Crippen molar-refractivity contribution in [2.45, 2.75) is 56.7 Å². The first-order valence-corrected chi connectivity index (χ1v) is 11.4. The minimum absolute atomic E-state index is 0.0829. The number of hydrogen-bond donors (Lipinski definition) is 2. The molecule has 3 atom stereocenters. The van der Waals surface area contributed by atoms with Crippen molar-refractivity contribution in [1.82, 2.24) is 4.98 Å². The molecule has 0 bridgehead atoms. The number of carbonyl (C=O) groups excluding carboxylic acids is 1. The summed E-state index contributed by atoms with van der Waals surface area (Å²) in [5, 5.41) is 7.67. The Bertz CT molecular complexity index is 1060. The van der Waals surface area contributed by atoms with E-state index < -0.39 is 31.1 Å². The van der Waals surface area contributed by atoms with E-state index in [0.717, 1.165) is 18.5 Å². The number of terminal acetylenes is 1. The van der Waals surface area contributed by atoms with Crippen LogP contribution in [0.2, 0.25) is 0 Å². The van der Waals surface area contributed by atoms with Gasteiger partial charge in [-0.1, -0.05) is 31.9 Å². The Labute approximate surface area is 181 Å². The van der Waals surface area contributed by atoms with E-state index in [0.29, 0.717) is 22.7 Å². The van der Waals surface area contributed by atoms with Crippen molar-refractivity contribution in [1.29, 1.82) is 0 Å². The van der Waals surface area contributed by atoms with Crippen LogP contribution in [0.25, 0.3) is 11.1 Å². The van der Waals surface area contributed by atoms with Crippen molar-refractivity contribution in [2.24, 2.45) is 0 Å². The van der Waals surface area contributed by atoms with Gasteiger partial charge in [0.25, 0.3) is 0 Å². The average Bonchev–Trinajstić information content (AvgIpc) is 3.54. The predicted octanol–water partition coefficient (Wildman–Crippen LogP) is 4.01. The molecule has 1 aromatic carbocycles. The highest BCUT2D eigenvalue weighted by Crippen LogP contribution is 2.46. The van der Waals surface area contributed by atoms with Crippen molar-refractivity contribution >= 4 is 14.0 Å². The summed E-state index contributed by atoms with van der Waals surface area (Å²) < 4.78 is 31.1. The number of carbonyl (C=O) groups is 1. The number of esters is 1. The minimum Gasteiger partial charge on any atom is -0.422 e. The van der Waals surface area contributed by atoms with E-state index in [-0.39, 0.29) is 11.7 Å². The first-order chi connectivity index (χ1) is 14.6. The van der Waals surface area contributed by atoms with E-state index in [1.807, 2.05) is 19.8 Å². The monoisotopic (exact) mass is 445 g/mol. The summed E-state index contributed by atoms with van der Waals surface area (Å²) in [6.07, 6.45) is 5.79. The molecule has 1 aliphatic carbocycles. The zero-order chi connectivity index (χ0) is 22.9. The zero-order valence-electron chi connectivity index (χ0n) is 17.6. The summed E-state index contributed by atoms with van der Waals surface area (Å²) in [5.41, 5.74) is 2.42. The maximum Gasteiger partial charge on any atom is 0.342 e. The third-order valence-electron chi connectivity index (χ3n) is 5.43. The molecule has 0 amide bonds. The molecule has 6 nitrogen and oxygen atoms in total. The maximum absolute atomic E-state index is 13.5. The lowest BCUT2D eigenvalue weighted by Crippen LogP contribution is -2.46. The van der Waals surface area contributed by atoms with Gasteiger partial charge in [-0.3, -0.25) is 9.55 Å². The van der Waals surface area contributed by atoms with Crippen LogP contribution in [0.3, 0.4) is 0 Å². The lowest BCUT2D eigenvalue weighted by Gasteiger charge is -2.27. The largest absolute Gasteiger partial charge is 0.422 e. The first kappa shape index (κ1) is 23.1. The van der Waals surface area contributed by atoms with Crippen LogP contribution in [0.4, 0.5) is 4.39 Å². The average molecular weight is 445 g/mol. The highest BCUT2D eigenvalue weighted by molar-refractivity contribution is 7.42. The summed E-state index contributed by atoms with van der Waals surface area (Å²) in [5.74, 6) is 0.589. The summed E-state index contributed by atoms with van der Waals surface area (Å²) in [6, 6.07) is 7.49. The molecule has 1 aliphatic rings. The normalized spacial score (nSPS) is 17.5. The standard InChI is InChI=1S/C23H25FNO5P/c1-5-23(14(4)26,31(28)29)22(27)30-21-18(15-8-10-17(24)11-9-15)12-19(16-6-7-16)25-20(21)13(2)3/h1,8-14,16,26,31H,6-7H2,2-4H3,(H,28,29). The molecule has 31 heavy (non-hydrogen) atoms. The van der Waals surface area contributed by atoms with E-state index in [1.54, 1.807) is 18.2 Å². The number of ether oxygens (including phenoxy) is 1. The summed E-state index contributed by atoms with van der Waals surface area (Å²) >= 11 is 0. The molecular weight excluding hydrogens is 420 g/mol. The van der Waals surface area contributed by atoms with Crippen molar-refractivity contribution < 1.29 is 28.5 Å². The van der Waals surface area contributed by atoms with Crippen LogP contribution >= 0.6 is 8.03 Å². The number of aliphatic hydroxyl groups is 1. The molecule has 1 aromatic heterocycles. The first-order valence-electron chi connectivity index (χ1n) is 10.0. The number of aliphatic hydroxyl groups excluding tert-OH is 1. The molecule has 3 unspecified atom stereocenters. The van der Waals surface area contributed by atoms with Crippen molar-refractivity contribution in [3.8, 4) is 29.2 Å². The Hall–Kier alpha value is -2.52. The maximum atomic E-state index is 13.5. The van der Waals surface area contributed by atoms with Gasteiger partial charge in [-0.25, -0.2) is 9.18 Å². The van der Waals surface area contributed by atoms with Crippen LogP contribution in [0.15, 0.2) is 30.3 Å². The third kappa shape index (κ3) is 4.43. The van der Waals surface area contributed by atoms with Gasteiger partial charge in [-0.15, -0.1) is 6.42 Å². The zero-order valence-corrected chi connectivity index (χ0v) is 18.6. The number of nitrogens with zero attached hydrogens (tertiary/aromatic N) is 1. The molecule has 1 fully saturated rings. The second-order valence-corrected chi connectivity index (χ2v) is 9.47. The highest BCUT2D eigenvalue weighted by Gasteiger charge is 2.49. The SMILES string of the molecule is C#CC(C(=O)Oc1c(-c2ccc(F)cc2)cc(C2CC2)nc1C(C)C)(C(C)O)[PH](=O)O. The fraction of sp³-hybridized carbons (Fsp3) is 0.391. The molecule has 0 saturated heterocycles. The molecule has 2 N–H and O–H groups in total. The molecule has 0 aliphatic heterocycles. The van der Waals surface area contributed by atoms with Crippen molar-refractivity contribution in [3.05, 3.63) is 47.5 Å². The van der Waals surface area contributed by atoms with Crippen LogP contribution in [0, 0.1) is 18.2 Å². The van der Waals surface area contributed by atoms with Crippen molar-refractivity contribution in [3.63, 3.8) is 0 Å². The minimum atomic E-state index is -3.71. The van der Waals surface area contributed by atoms with Gasteiger partial charge >= 0.3 is 5.97 Å². The number of aromatic nitrogens is 1. The number of halogens is 1. The van der Waals surface area contributed by atoms with E-state index in [4.69, 9.17) is 16.1 Å². The van der Waals surface area contributed by atoms with Gasteiger partial charge < -0.3 is 14.7 Å². The highest BCUT2D eigenvalue weighted by atomic mass is 31.1. The number of rotatable bonds is 7.